The van der Waals surface area contributed by atoms with E-state index in [1.807, 2.05) is 62.6 Å². The molecule has 4 fully saturated rings. The lowest BCUT2D eigenvalue weighted by Crippen LogP contribution is -2.45. The van der Waals surface area contributed by atoms with Crippen molar-refractivity contribution in [2.45, 2.75) is 96.2 Å². The summed E-state index contributed by atoms with van der Waals surface area (Å²) < 4.78 is 5.30. The Balaban J connectivity index is 0.980. The highest BCUT2D eigenvalue weighted by Crippen LogP contribution is 2.42. The number of hydrogen-bond acceptors (Lipinski definition) is 7. The van der Waals surface area contributed by atoms with Gasteiger partial charge in [0.25, 0.3) is 11.8 Å². The van der Waals surface area contributed by atoms with Gasteiger partial charge in [0, 0.05) is 36.9 Å². The number of carbonyl (C=O) groups is 2. The van der Waals surface area contributed by atoms with Crippen molar-refractivity contribution in [2.75, 3.05) is 36.9 Å². The van der Waals surface area contributed by atoms with Gasteiger partial charge in [0.15, 0.2) is 0 Å². The summed E-state index contributed by atoms with van der Waals surface area (Å²) in [6, 6.07) is 16.3. The van der Waals surface area contributed by atoms with Crippen LogP contribution in [0.25, 0.3) is 11.1 Å². The number of rotatable bonds is 12. The van der Waals surface area contributed by atoms with E-state index in [0.29, 0.717) is 29.3 Å². The molecule has 52 heavy (non-hydrogen) atoms. The van der Waals surface area contributed by atoms with Gasteiger partial charge in [-0.1, -0.05) is 37.1 Å². The highest BCUT2D eigenvalue weighted by Gasteiger charge is 2.29. The first kappa shape index (κ1) is 34.6. The zero-order valence-corrected chi connectivity index (χ0v) is 30.5. The second kappa shape index (κ2) is 15.3. The summed E-state index contributed by atoms with van der Waals surface area (Å²) in [5, 5.41) is 9.85. The summed E-state index contributed by atoms with van der Waals surface area (Å²) >= 11 is 0. The molecule has 2 aromatic carbocycles. The van der Waals surface area contributed by atoms with Gasteiger partial charge < -0.3 is 20.7 Å². The summed E-state index contributed by atoms with van der Waals surface area (Å²) in [6.45, 7) is 9.47. The van der Waals surface area contributed by atoms with E-state index in [9.17, 15) is 9.59 Å². The van der Waals surface area contributed by atoms with Gasteiger partial charge >= 0.3 is 0 Å². The normalized spacial score (nSPS) is 18.0. The first-order valence-electron chi connectivity index (χ1n) is 19.2. The summed E-state index contributed by atoms with van der Waals surface area (Å²) in [5.41, 5.74) is 11.2. The van der Waals surface area contributed by atoms with Crippen LogP contribution in [0.1, 0.15) is 118 Å². The zero-order chi connectivity index (χ0) is 35.6. The van der Waals surface area contributed by atoms with Gasteiger partial charge in [0.05, 0.1) is 19.3 Å². The second-order valence-electron chi connectivity index (χ2n) is 15.3. The number of pyridine rings is 2. The Labute approximate surface area is 307 Å². The molecular formula is C43H50N6O3. The van der Waals surface area contributed by atoms with E-state index in [1.165, 1.54) is 55.2 Å². The van der Waals surface area contributed by atoms with Gasteiger partial charge in [-0.05, 0) is 146 Å². The molecule has 4 aliphatic rings. The van der Waals surface area contributed by atoms with Crippen molar-refractivity contribution in [2.24, 2.45) is 0 Å². The van der Waals surface area contributed by atoms with Crippen LogP contribution in [0.4, 0.5) is 11.4 Å². The number of amides is 2. The van der Waals surface area contributed by atoms with Crippen LogP contribution in [0, 0.1) is 13.8 Å². The molecule has 9 nitrogen and oxygen atoms in total. The molecule has 0 radical (unpaired) electrons. The fraction of sp³-hybridized carbons (Fsp3) is 0.442. The highest BCUT2D eigenvalue weighted by atomic mass is 16.5. The molecule has 0 bridgehead atoms. The smallest absolute Gasteiger partial charge is 0.274 e. The molecule has 4 heterocycles. The Morgan fingerprint density at radius 1 is 0.731 bits per heavy atom. The fourth-order valence-electron chi connectivity index (χ4n) is 7.87. The lowest BCUT2D eigenvalue weighted by atomic mass is 9.78. The van der Waals surface area contributed by atoms with Crippen molar-refractivity contribution in [3.63, 3.8) is 0 Å². The minimum absolute atomic E-state index is 0.194. The van der Waals surface area contributed by atoms with Crippen LogP contribution in [-0.2, 0) is 17.8 Å². The van der Waals surface area contributed by atoms with E-state index in [1.54, 1.807) is 0 Å². The van der Waals surface area contributed by atoms with E-state index in [4.69, 9.17) is 4.74 Å². The Morgan fingerprint density at radius 3 is 1.81 bits per heavy atom. The lowest BCUT2D eigenvalue weighted by Gasteiger charge is -2.31. The third-order valence-corrected chi connectivity index (χ3v) is 11.6. The Hall–Kier alpha value is -4.44. The van der Waals surface area contributed by atoms with Crippen molar-refractivity contribution in [1.29, 1.82) is 0 Å². The van der Waals surface area contributed by atoms with Crippen LogP contribution in [0.5, 0.6) is 0 Å². The van der Waals surface area contributed by atoms with E-state index < -0.39 is 0 Å². The van der Waals surface area contributed by atoms with E-state index >= 15 is 0 Å². The average molecular weight is 699 g/mol. The molecule has 270 valence electrons. The lowest BCUT2D eigenvalue weighted by molar-refractivity contribution is -0.00582. The number of hydrogen-bond donors (Lipinski definition) is 3. The molecule has 2 saturated heterocycles. The first-order chi connectivity index (χ1) is 25.4. The fourth-order valence-corrected chi connectivity index (χ4v) is 7.87. The number of aromatic nitrogens is 2. The first-order valence-corrected chi connectivity index (χ1v) is 19.2. The largest absolute Gasteiger partial charge is 0.378 e. The van der Waals surface area contributed by atoms with Crippen LogP contribution in [0.3, 0.4) is 0 Å². The molecule has 3 N–H and O–H groups in total. The van der Waals surface area contributed by atoms with Crippen molar-refractivity contribution in [1.82, 2.24) is 20.2 Å². The maximum Gasteiger partial charge on any atom is 0.274 e. The third kappa shape index (κ3) is 7.54. The zero-order valence-electron chi connectivity index (χ0n) is 30.5. The molecule has 2 saturated carbocycles. The Kier molecular flexibility index (Phi) is 10.2. The number of nitrogens with one attached hydrogen (secondary N) is 3. The van der Waals surface area contributed by atoms with Gasteiger partial charge in [-0.2, -0.15) is 0 Å². The van der Waals surface area contributed by atoms with Crippen LogP contribution in [-0.4, -0.2) is 59.0 Å². The predicted molar refractivity (Wildman–Crippen MR) is 205 cm³/mol. The van der Waals surface area contributed by atoms with Crippen molar-refractivity contribution in [3.05, 3.63) is 106 Å². The maximum absolute atomic E-state index is 13.7. The number of nitrogens with zero attached hydrogens (tertiary/aromatic N) is 3. The van der Waals surface area contributed by atoms with Crippen molar-refractivity contribution >= 4 is 23.2 Å². The van der Waals surface area contributed by atoms with Crippen molar-refractivity contribution in [3.8, 4) is 11.1 Å². The standard InChI is InChI=1S/C43H50N6O3/c1-27-34(11-7-13-38(27)47-42(50)40-19-36(30-15-16-30)31(22-45-40)21-44-33-25-52-26-33)35-12-8-14-39(28(35)2)48-43(51)41-20-37(29-9-6-10-29)32(23-46-41)24-49-17-4-3-5-18-49/h7-8,11-14,19-20,22-23,29-30,33,44H,3-6,9-10,15-18,21,24-26H2,1-2H3,(H,47,50)(H,48,51). The molecule has 9 heteroatoms. The number of anilines is 2. The maximum atomic E-state index is 13.7. The summed E-state index contributed by atoms with van der Waals surface area (Å²) in [6.07, 6.45) is 13.5. The van der Waals surface area contributed by atoms with Gasteiger partial charge in [-0.3, -0.25) is 24.5 Å². The average Bonchev–Trinajstić information content (AvgIpc) is 3.96. The predicted octanol–water partition coefficient (Wildman–Crippen LogP) is 7.88. The molecule has 2 aliphatic heterocycles. The number of likely N-dealkylation sites (tertiary alicyclic amines) is 1. The van der Waals surface area contributed by atoms with Crippen LogP contribution < -0.4 is 16.0 Å². The molecular weight excluding hydrogens is 649 g/mol. The van der Waals surface area contributed by atoms with Crippen LogP contribution in [0.15, 0.2) is 60.9 Å². The molecule has 8 rings (SSSR count). The minimum atomic E-state index is -0.220. The van der Waals surface area contributed by atoms with Gasteiger partial charge in [0.1, 0.15) is 11.4 Å². The molecule has 0 atom stereocenters. The minimum Gasteiger partial charge on any atom is -0.378 e. The number of carbonyl (C=O) groups excluding carboxylic acids is 2. The second-order valence-corrected chi connectivity index (χ2v) is 15.3. The van der Waals surface area contributed by atoms with Gasteiger partial charge in [-0.15, -0.1) is 0 Å². The molecule has 2 amide bonds. The van der Waals surface area contributed by atoms with E-state index in [2.05, 4.69) is 43.0 Å². The number of benzene rings is 2. The highest BCUT2D eigenvalue weighted by molar-refractivity contribution is 6.05. The summed E-state index contributed by atoms with van der Waals surface area (Å²) in [5.74, 6) is 0.594. The van der Waals surface area contributed by atoms with Crippen LogP contribution >= 0.6 is 0 Å². The summed E-state index contributed by atoms with van der Waals surface area (Å²) in [4.78, 5) is 39.1. The SMILES string of the molecule is Cc1c(NC(=O)c2cc(C3CC3)c(CNC3COC3)cn2)cccc1-c1cccc(NC(=O)c2cc(C3CCC3)c(CN3CCCCC3)cn2)c1C. The quantitative estimate of drug-likeness (QED) is 0.138. The van der Waals surface area contributed by atoms with Gasteiger partial charge in [-0.25, -0.2) is 0 Å². The monoisotopic (exact) mass is 698 g/mol. The third-order valence-electron chi connectivity index (χ3n) is 11.6. The number of ether oxygens (including phenoxy) is 1. The van der Waals surface area contributed by atoms with Gasteiger partial charge in [0.2, 0.25) is 0 Å². The Morgan fingerprint density at radius 2 is 1.29 bits per heavy atom. The van der Waals surface area contributed by atoms with E-state index in [0.717, 1.165) is 91.4 Å². The molecule has 2 aliphatic carbocycles. The van der Waals surface area contributed by atoms with Crippen molar-refractivity contribution < 1.29 is 14.3 Å². The van der Waals surface area contributed by atoms with E-state index in [-0.39, 0.29) is 11.8 Å². The topological polar surface area (TPSA) is 108 Å². The molecule has 4 aromatic rings. The Bertz CT molecular complexity index is 1960. The summed E-state index contributed by atoms with van der Waals surface area (Å²) in [7, 11) is 0. The van der Waals surface area contributed by atoms with Crippen LogP contribution in [0.2, 0.25) is 0 Å². The number of piperidine rings is 1. The molecule has 0 unspecified atom stereocenters. The molecule has 0 spiro atoms. The molecule has 2 aromatic heterocycles.